The van der Waals surface area contributed by atoms with Crippen molar-refractivity contribution in [2.75, 3.05) is 21.3 Å². The number of hydrogen-bond acceptors (Lipinski definition) is 6. The van der Waals surface area contributed by atoms with Gasteiger partial charge in [0.2, 0.25) is 5.75 Å². The van der Waals surface area contributed by atoms with Crippen molar-refractivity contribution in [1.29, 1.82) is 0 Å². The fourth-order valence-electron chi connectivity index (χ4n) is 3.12. The third-order valence-corrected chi connectivity index (χ3v) is 4.43. The van der Waals surface area contributed by atoms with Crippen LogP contribution in [0.5, 0.6) is 17.2 Å². The molecule has 1 N–H and O–H groups in total. The number of ether oxygens (including phenoxy) is 3. The van der Waals surface area contributed by atoms with Crippen LogP contribution in [0.4, 0.5) is 0 Å². The molecule has 0 aliphatic carbocycles. The van der Waals surface area contributed by atoms with Gasteiger partial charge in [-0.3, -0.25) is 9.78 Å². The molecule has 0 spiro atoms. The summed E-state index contributed by atoms with van der Waals surface area (Å²) in [7, 11) is 4.45. The lowest BCUT2D eigenvalue weighted by Crippen LogP contribution is -2.10. The van der Waals surface area contributed by atoms with Crippen LogP contribution in [0.15, 0.2) is 48.7 Å². The number of carbonyl (C=O) groups excluding carboxylic acids is 1. The third-order valence-electron chi connectivity index (χ3n) is 4.43. The van der Waals surface area contributed by atoms with Gasteiger partial charge in [-0.05, 0) is 29.8 Å². The normalized spacial score (nSPS) is 11.9. The lowest BCUT2D eigenvalue weighted by Gasteiger charge is -2.17. The summed E-state index contributed by atoms with van der Waals surface area (Å²) in [6.45, 7) is 0. The SMILES string of the molecule is COc1ccc(C(=O)CC(O)c2ccnc3ccccc23)c(OC)c1OC. The van der Waals surface area contributed by atoms with Crippen LogP contribution in [-0.4, -0.2) is 37.2 Å². The van der Waals surface area contributed by atoms with E-state index in [-0.39, 0.29) is 18.0 Å². The molecule has 0 amide bonds. The minimum absolute atomic E-state index is 0.0974. The first-order chi connectivity index (χ1) is 13.1. The van der Waals surface area contributed by atoms with Crippen molar-refractivity contribution in [2.45, 2.75) is 12.5 Å². The number of ketones is 1. The summed E-state index contributed by atoms with van der Waals surface area (Å²) in [5.74, 6) is 0.830. The Bertz CT molecular complexity index is 965. The third kappa shape index (κ3) is 3.57. The Labute approximate surface area is 157 Å². The van der Waals surface area contributed by atoms with Crippen molar-refractivity contribution >= 4 is 16.7 Å². The lowest BCUT2D eigenvalue weighted by atomic mass is 9.97. The maximum absolute atomic E-state index is 12.9. The number of fused-ring (bicyclic) bond motifs is 1. The van der Waals surface area contributed by atoms with Crippen LogP contribution in [0, 0.1) is 0 Å². The minimum Gasteiger partial charge on any atom is -0.493 e. The van der Waals surface area contributed by atoms with E-state index >= 15 is 0 Å². The van der Waals surface area contributed by atoms with E-state index in [1.54, 1.807) is 24.4 Å². The minimum atomic E-state index is -0.969. The Hall–Kier alpha value is -3.12. The van der Waals surface area contributed by atoms with Crippen LogP contribution in [0.25, 0.3) is 10.9 Å². The van der Waals surface area contributed by atoms with Gasteiger partial charge in [0.05, 0.1) is 38.5 Å². The molecule has 3 rings (SSSR count). The van der Waals surface area contributed by atoms with Gasteiger partial charge in [0.1, 0.15) is 0 Å². The van der Waals surface area contributed by atoms with Gasteiger partial charge < -0.3 is 19.3 Å². The van der Waals surface area contributed by atoms with E-state index in [0.717, 1.165) is 10.9 Å². The fraction of sp³-hybridized carbons (Fsp3) is 0.238. The van der Waals surface area contributed by atoms with Gasteiger partial charge in [-0.1, -0.05) is 18.2 Å². The van der Waals surface area contributed by atoms with Crippen LogP contribution in [0.1, 0.15) is 28.4 Å². The smallest absolute Gasteiger partial charge is 0.204 e. The number of nitrogens with zero attached hydrogens (tertiary/aromatic N) is 1. The van der Waals surface area contributed by atoms with Crippen molar-refractivity contribution < 1.29 is 24.1 Å². The number of methoxy groups -OCH3 is 3. The number of aromatic nitrogens is 1. The number of aliphatic hydroxyl groups excluding tert-OH is 1. The second-order valence-corrected chi connectivity index (χ2v) is 5.94. The van der Waals surface area contributed by atoms with Gasteiger partial charge in [0.15, 0.2) is 17.3 Å². The highest BCUT2D eigenvalue weighted by Crippen LogP contribution is 2.40. The number of hydrogen-bond donors (Lipinski definition) is 1. The van der Waals surface area contributed by atoms with Crippen LogP contribution >= 0.6 is 0 Å². The zero-order valence-corrected chi connectivity index (χ0v) is 15.4. The quantitative estimate of drug-likeness (QED) is 0.643. The van der Waals surface area contributed by atoms with Crippen LogP contribution in [0.2, 0.25) is 0 Å². The second kappa shape index (κ2) is 8.05. The molecule has 0 aliphatic rings. The van der Waals surface area contributed by atoms with Gasteiger partial charge >= 0.3 is 0 Å². The first-order valence-corrected chi connectivity index (χ1v) is 8.44. The van der Waals surface area contributed by atoms with Gasteiger partial charge in [0.25, 0.3) is 0 Å². The molecule has 3 aromatic rings. The molecular formula is C21H21NO5. The Morgan fingerprint density at radius 2 is 1.74 bits per heavy atom. The van der Waals surface area contributed by atoms with E-state index in [4.69, 9.17) is 14.2 Å². The molecular weight excluding hydrogens is 346 g/mol. The molecule has 27 heavy (non-hydrogen) atoms. The van der Waals surface area contributed by atoms with E-state index in [9.17, 15) is 9.90 Å². The summed E-state index contributed by atoms with van der Waals surface area (Å²) in [6, 6.07) is 12.5. The molecule has 2 aromatic carbocycles. The number of para-hydroxylation sites is 1. The van der Waals surface area contributed by atoms with E-state index < -0.39 is 6.10 Å². The number of aliphatic hydroxyl groups is 1. The van der Waals surface area contributed by atoms with Crippen molar-refractivity contribution in [3.8, 4) is 17.2 Å². The molecule has 0 aliphatic heterocycles. The fourth-order valence-corrected chi connectivity index (χ4v) is 3.12. The number of benzene rings is 2. The Balaban J connectivity index is 1.93. The highest BCUT2D eigenvalue weighted by Gasteiger charge is 2.23. The first kappa shape index (κ1) is 18.7. The van der Waals surface area contributed by atoms with Crippen molar-refractivity contribution in [2.24, 2.45) is 0 Å². The van der Waals surface area contributed by atoms with Crippen molar-refractivity contribution in [3.63, 3.8) is 0 Å². The van der Waals surface area contributed by atoms with Gasteiger partial charge in [0, 0.05) is 18.0 Å². The van der Waals surface area contributed by atoms with Crippen LogP contribution < -0.4 is 14.2 Å². The van der Waals surface area contributed by atoms with Crippen molar-refractivity contribution in [3.05, 3.63) is 59.8 Å². The van der Waals surface area contributed by atoms with Gasteiger partial charge in [-0.2, -0.15) is 0 Å². The molecule has 1 unspecified atom stereocenters. The maximum atomic E-state index is 12.9. The summed E-state index contributed by atoms with van der Waals surface area (Å²) in [5.41, 5.74) is 1.76. The van der Waals surface area contributed by atoms with E-state index in [1.807, 2.05) is 24.3 Å². The topological polar surface area (TPSA) is 77.9 Å². The predicted octanol–water partition coefficient (Wildman–Crippen LogP) is 3.57. The molecule has 0 fully saturated rings. The first-order valence-electron chi connectivity index (χ1n) is 8.44. The van der Waals surface area contributed by atoms with E-state index in [1.165, 1.54) is 21.3 Å². The molecule has 0 saturated heterocycles. The molecule has 1 heterocycles. The maximum Gasteiger partial charge on any atom is 0.204 e. The van der Waals surface area contributed by atoms with Gasteiger partial charge in [-0.15, -0.1) is 0 Å². The molecule has 1 atom stereocenters. The second-order valence-electron chi connectivity index (χ2n) is 5.94. The van der Waals surface area contributed by atoms with Gasteiger partial charge in [-0.25, -0.2) is 0 Å². The Morgan fingerprint density at radius 3 is 2.44 bits per heavy atom. The number of carbonyl (C=O) groups is 1. The largest absolute Gasteiger partial charge is 0.493 e. The molecule has 0 radical (unpaired) electrons. The van der Waals surface area contributed by atoms with Crippen LogP contribution in [0.3, 0.4) is 0 Å². The number of rotatable bonds is 7. The van der Waals surface area contributed by atoms with Crippen LogP contribution in [-0.2, 0) is 0 Å². The summed E-state index contributed by atoms with van der Waals surface area (Å²) in [6.07, 6.45) is 0.561. The molecule has 1 aromatic heterocycles. The number of Topliss-reactive ketones (excluding diaryl/α,β-unsaturated/α-hetero) is 1. The zero-order valence-electron chi connectivity index (χ0n) is 15.4. The van der Waals surface area contributed by atoms with Crippen molar-refractivity contribution in [1.82, 2.24) is 4.98 Å². The summed E-state index contributed by atoms with van der Waals surface area (Å²) in [5, 5.41) is 11.5. The molecule has 140 valence electrons. The average Bonchev–Trinajstić information content (AvgIpc) is 2.71. The summed E-state index contributed by atoms with van der Waals surface area (Å²) in [4.78, 5) is 17.1. The Kier molecular flexibility index (Phi) is 5.57. The highest BCUT2D eigenvalue weighted by molar-refractivity contribution is 6.00. The number of pyridine rings is 1. The monoisotopic (exact) mass is 367 g/mol. The van der Waals surface area contributed by atoms with E-state index in [0.29, 0.717) is 22.6 Å². The molecule has 6 nitrogen and oxygen atoms in total. The summed E-state index contributed by atoms with van der Waals surface area (Å²) < 4.78 is 15.9. The molecule has 0 bridgehead atoms. The standard InChI is InChI=1S/C21H21NO5/c1-25-19-9-8-15(20(26-2)21(19)27-3)18(24)12-17(23)14-10-11-22-16-7-5-4-6-13(14)16/h4-11,17,23H,12H2,1-3H3. The zero-order chi connectivity index (χ0) is 19.4. The lowest BCUT2D eigenvalue weighted by molar-refractivity contribution is 0.0878. The average molecular weight is 367 g/mol. The molecule has 0 saturated carbocycles. The predicted molar refractivity (Wildman–Crippen MR) is 102 cm³/mol. The Morgan fingerprint density at radius 1 is 1.00 bits per heavy atom. The summed E-state index contributed by atoms with van der Waals surface area (Å²) >= 11 is 0. The molecule has 6 heteroatoms. The van der Waals surface area contributed by atoms with E-state index in [2.05, 4.69) is 4.98 Å². The highest BCUT2D eigenvalue weighted by atomic mass is 16.5.